The van der Waals surface area contributed by atoms with Gasteiger partial charge in [0.25, 0.3) is 0 Å². The standard InChI is InChI=1S/C29H36N4O3/c1-18-19(2)31-27-10-5-21(13-24(18)27)14-30-29(35)17-32-12-11-28-26(15-32)25(16-33(28)20(3)34)22-6-8-23(36-4)9-7-22/h5-10,13,25-26,28,31H,11-12,14-17H2,1-4H3,(H,30,35)/t25-,26-,28-/m1/s1. The number of aryl methyl sites for hydroxylation is 2. The minimum atomic E-state index is 0.0398. The summed E-state index contributed by atoms with van der Waals surface area (Å²) in [6.07, 6.45) is 0.896. The summed E-state index contributed by atoms with van der Waals surface area (Å²) in [6, 6.07) is 14.7. The SMILES string of the molecule is COc1ccc([C@H]2CN(C(C)=O)[C@@H]3CCN(CC(=O)NCc4ccc5[nH]c(C)c(C)c5c4)C[C@H]23)cc1. The molecule has 2 amide bonds. The number of aromatic nitrogens is 1. The van der Waals surface area contributed by atoms with Gasteiger partial charge < -0.3 is 19.9 Å². The molecule has 0 bridgehead atoms. The summed E-state index contributed by atoms with van der Waals surface area (Å²) in [7, 11) is 1.67. The summed E-state index contributed by atoms with van der Waals surface area (Å²) >= 11 is 0. The van der Waals surface area contributed by atoms with E-state index in [2.05, 4.69) is 59.4 Å². The molecule has 2 N–H and O–H groups in total. The Bertz CT molecular complexity index is 1270. The zero-order chi connectivity index (χ0) is 25.4. The van der Waals surface area contributed by atoms with E-state index in [4.69, 9.17) is 4.74 Å². The van der Waals surface area contributed by atoms with Gasteiger partial charge in [-0.15, -0.1) is 0 Å². The number of aromatic amines is 1. The number of rotatable bonds is 6. The first-order valence-corrected chi connectivity index (χ1v) is 12.8. The number of hydrogen-bond acceptors (Lipinski definition) is 4. The number of nitrogens with one attached hydrogen (secondary N) is 2. The minimum absolute atomic E-state index is 0.0398. The molecule has 0 unspecified atom stereocenters. The Morgan fingerprint density at radius 2 is 1.89 bits per heavy atom. The maximum atomic E-state index is 12.9. The van der Waals surface area contributed by atoms with Crippen LogP contribution in [-0.4, -0.2) is 65.9 Å². The molecule has 2 aromatic carbocycles. The number of fused-ring (bicyclic) bond motifs is 2. The van der Waals surface area contributed by atoms with Crippen LogP contribution in [0.1, 0.15) is 41.6 Å². The van der Waals surface area contributed by atoms with Crippen molar-refractivity contribution >= 4 is 22.7 Å². The number of hydrogen-bond donors (Lipinski definition) is 2. The van der Waals surface area contributed by atoms with Crippen molar-refractivity contribution in [2.24, 2.45) is 5.92 Å². The third kappa shape index (κ3) is 4.72. The molecule has 36 heavy (non-hydrogen) atoms. The predicted octanol–water partition coefficient (Wildman–Crippen LogP) is 3.75. The highest BCUT2D eigenvalue weighted by Gasteiger charge is 2.46. The van der Waals surface area contributed by atoms with Crippen molar-refractivity contribution in [3.8, 4) is 5.75 Å². The number of H-pyrrole nitrogens is 1. The van der Waals surface area contributed by atoms with Crippen molar-refractivity contribution in [3.63, 3.8) is 0 Å². The van der Waals surface area contributed by atoms with E-state index in [1.54, 1.807) is 14.0 Å². The lowest BCUT2D eigenvalue weighted by Crippen LogP contribution is -2.50. The summed E-state index contributed by atoms with van der Waals surface area (Å²) in [5.74, 6) is 1.58. The normalized spacial score (nSPS) is 22.0. The van der Waals surface area contributed by atoms with Gasteiger partial charge in [-0.2, -0.15) is 0 Å². The van der Waals surface area contributed by atoms with Gasteiger partial charge in [0, 0.05) is 67.6 Å². The van der Waals surface area contributed by atoms with Gasteiger partial charge >= 0.3 is 0 Å². The van der Waals surface area contributed by atoms with Crippen molar-refractivity contribution < 1.29 is 14.3 Å². The van der Waals surface area contributed by atoms with E-state index in [-0.39, 0.29) is 23.8 Å². The molecule has 3 aromatic rings. The predicted molar refractivity (Wildman–Crippen MR) is 141 cm³/mol. The Hall–Kier alpha value is -3.32. The minimum Gasteiger partial charge on any atom is -0.497 e. The second-order valence-corrected chi connectivity index (χ2v) is 10.3. The number of carbonyl (C=O) groups excluding carboxylic acids is 2. The summed E-state index contributed by atoms with van der Waals surface area (Å²) in [5.41, 5.74) is 5.89. The molecule has 2 aliphatic rings. The number of nitrogens with zero attached hydrogens (tertiary/aromatic N) is 2. The Balaban J connectivity index is 1.23. The van der Waals surface area contributed by atoms with Crippen LogP contribution in [-0.2, 0) is 16.1 Å². The van der Waals surface area contributed by atoms with Crippen LogP contribution in [0.4, 0.5) is 0 Å². The smallest absolute Gasteiger partial charge is 0.234 e. The summed E-state index contributed by atoms with van der Waals surface area (Å²) < 4.78 is 5.32. The first kappa shape index (κ1) is 24.4. The molecule has 0 radical (unpaired) electrons. The van der Waals surface area contributed by atoms with Crippen LogP contribution in [0.2, 0.25) is 0 Å². The largest absolute Gasteiger partial charge is 0.497 e. The molecule has 7 heteroatoms. The van der Waals surface area contributed by atoms with Crippen molar-refractivity contribution in [3.05, 3.63) is 64.8 Å². The molecular formula is C29H36N4O3. The molecular weight excluding hydrogens is 452 g/mol. The first-order chi connectivity index (χ1) is 17.3. The van der Waals surface area contributed by atoms with E-state index in [0.29, 0.717) is 19.0 Å². The molecule has 2 fully saturated rings. The molecule has 7 nitrogen and oxygen atoms in total. The highest BCUT2D eigenvalue weighted by atomic mass is 16.5. The van der Waals surface area contributed by atoms with Gasteiger partial charge in [-0.1, -0.05) is 18.2 Å². The van der Waals surface area contributed by atoms with Crippen LogP contribution in [0.25, 0.3) is 10.9 Å². The van der Waals surface area contributed by atoms with Crippen LogP contribution in [0.3, 0.4) is 0 Å². The average molecular weight is 489 g/mol. The quantitative estimate of drug-likeness (QED) is 0.554. The molecule has 0 spiro atoms. The van der Waals surface area contributed by atoms with E-state index < -0.39 is 0 Å². The van der Waals surface area contributed by atoms with Gasteiger partial charge in [-0.05, 0) is 61.2 Å². The lowest BCUT2D eigenvalue weighted by Gasteiger charge is -2.38. The molecule has 5 rings (SSSR count). The van der Waals surface area contributed by atoms with Crippen molar-refractivity contribution in [2.75, 3.05) is 33.3 Å². The van der Waals surface area contributed by atoms with Crippen LogP contribution in [0.15, 0.2) is 42.5 Å². The Morgan fingerprint density at radius 1 is 1.11 bits per heavy atom. The monoisotopic (exact) mass is 488 g/mol. The van der Waals surface area contributed by atoms with Crippen molar-refractivity contribution in [2.45, 2.75) is 45.7 Å². The number of likely N-dealkylation sites (tertiary alicyclic amines) is 2. The van der Waals surface area contributed by atoms with E-state index >= 15 is 0 Å². The number of methoxy groups -OCH3 is 1. The van der Waals surface area contributed by atoms with Crippen LogP contribution in [0.5, 0.6) is 5.75 Å². The van der Waals surface area contributed by atoms with Crippen LogP contribution < -0.4 is 10.1 Å². The Kier molecular flexibility index (Phi) is 6.75. The number of piperidine rings is 1. The lowest BCUT2D eigenvalue weighted by atomic mass is 9.82. The van der Waals surface area contributed by atoms with E-state index in [1.165, 1.54) is 22.2 Å². The molecule has 190 valence electrons. The number of amides is 2. The maximum Gasteiger partial charge on any atom is 0.234 e. The van der Waals surface area contributed by atoms with Crippen LogP contribution in [0, 0.1) is 19.8 Å². The van der Waals surface area contributed by atoms with E-state index in [9.17, 15) is 9.59 Å². The maximum absolute atomic E-state index is 12.9. The molecule has 0 aliphatic carbocycles. The fraction of sp³-hybridized carbons (Fsp3) is 0.448. The zero-order valence-corrected chi connectivity index (χ0v) is 21.6. The second kappa shape index (κ2) is 9.97. The third-order valence-electron chi connectivity index (χ3n) is 8.19. The molecule has 2 aliphatic heterocycles. The lowest BCUT2D eigenvalue weighted by molar-refractivity contribution is -0.131. The zero-order valence-electron chi connectivity index (χ0n) is 21.6. The highest BCUT2D eigenvalue weighted by molar-refractivity contribution is 5.85. The van der Waals surface area contributed by atoms with Gasteiger partial charge in [0.1, 0.15) is 5.75 Å². The summed E-state index contributed by atoms with van der Waals surface area (Å²) in [5, 5.41) is 4.32. The molecule has 1 aromatic heterocycles. The summed E-state index contributed by atoms with van der Waals surface area (Å²) in [4.78, 5) is 32.9. The molecule has 2 saturated heterocycles. The molecule has 0 saturated carbocycles. The van der Waals surface area contributed by atoms with Gasteiger partial charge in [0.2, 0.25) is 11.8 Å². The van der Waals surface area contributed by atoms with Crippen LogP contribution >= 0.6 is 0 Å². The average Bonchev–Trinajstić information content (AvgIpc) is 3.39. The van der Waals surface area contributed by atoms with Crippen molar-refractivity contribution in [1.29, 1.82) is 0 Å². The van der Waals surface area contributed by atoms with Gasteiger partial charge in [0.05, 0.1) is 13.7 Å². The van der Waals surface area contributed by atoms with E-state index in [0.717, 1.165) is 42.9 Å². The van der Waals surface area contributed by atoms with E-state index in [1.807, 2.05) is 17.0 Å². The van der Waals surface area contributed by atoms with Gasteiger partial charge in [-0.25, -0.2) is 0 Å². The molecule has 3 heterocycles. The molecule has 3 atom stereocenters. The topological polar surface area (TPSA) is 77.7 Å². The van der Waals surface area contributed by atoms with Gasteiger partial charge in [0.15, 0.2) is 0 Å². The Labute approximate surface area is 212 Å². The van der Waals surface area contributed by atoms with Gasteiger partial charge in [-0.3, -0.25) is 14.5 Å². The Morgan fingerprint density at radius 3 is 2.61 bits per heavy atom. The summed E-state index contributed by atoms with van der Waals surface area (Å²) in [6.45, 7) is 9.13. The second-order valence-electron chi connectivity index (χ2n) is 10.3. The number of benzene rings is 2. The fourth-order valence-electron chi connectivity index (χ4n) is 6.09. The van der Waals surface area contributed by atoms with Crippen molar-refractivity contribution in [1.82, 2.24) is 20.1 Å². The number of carbonyl (C=O) groups is 2. The highest BCUT2D eigenvalue weighted by Crippen LogP contribution is 2.41. The first-order valence-electron chi connectivity index (χ1n) is 12.8. The third-order valence-corrected chi connectivity index (χ3v) is 8.19. The number of ether oxygens (including phenoxy) is 1. The fourth-order valence-corrected chi connectivity index (χ4v) is 6.09.